The van der Waals surface area contributed by atoms with Crippen LogP contribution in [0, 0.1) is 13.8 Å². The molecular formula is C29H42. The van der Waals surface area contributed by atoms with E-state index in [2.05, 4.69) is 64.1 Å². The zero-order chi connectivity index (χ0) is 20.7. The minimum Gasteiger partial charge on any atom is -0.0654 e. The lowest BCUT2D eigenvalue weighted by Crippen LogP contribution is -2.25. The first-order valence-electron chi connectivity index (χ1n) is 12.3. The largest absolute Gasteiger partial charge is 0.0654 e. The predicted molar refractivity (Wildman–Crippen MR) is 129 cm³/mol. The Balaban J connectivity index is 1.93. The highest BCUT2D eigenvalue weighted by Crippen LogP contribution is 2.54. The Bertz CT molecular complexity index is 715. The molecule has 0 heterocycles. The molecule has 0 saturated heterocycles. The molecule has 0 radical (unpaired) electrons. The molecule has 158 valence electrons. The van der Waals surface area contributed by atoms with E-state index in [0.29, 0.717) is 0 Å². The summed E-state index contributed by atoms with van der Waals surface area (Å²) in [6.45, 7) is 9.16. The molecule has 2 aromatic rings. The van der Waals surface area contributed by atoms with Crippen molar-refractivity contribution >= 4 is 0 Å². The SMILES string of the molecule is CCCCCCCC1(CCCCCCC)c2cc(C)ccc2-c2ccc(C)cc21. The highest BCUT2D eigenvalue weighted by molar-refractivity contribution is 5.81. The molecule has 0 unspecified atom stereocenters. The van der Waals surface area contributed by atoms with Crippen LogP contribution in [0.4, 0.5) is 0 Å². The van der Waals surface area contributed by atoms with Gasteiger partial charge in [0.1, 0.15) is 0 Å². The molecule has 0 N–H and O–H groups in total. The van der Waals surface area contributed by atoms with Gasteiger partial charge in [-0.05, 0) is 48.9 Å². The monoisotopic (exact) mass is 390 g/mol. The summed E-state index contributed by atoms with van der Waals surface area (Å²) in [7, 11) is 0. The van der Waals surface area contributed by atoms with E-state index < -0.39 is 0 Å². The maximum atomic E-state index is 2.52. The van der Waals surface area contributed by atoms with Gasteiger partial charge in [-0.2, -0.15) is 0 Å². The van der Waals surface area contributed by atoms with E-state index in [9.17, 15) is 0 Å². The van der Waals surface area contributed by atoms with Gasteiger partial charge in [-0.25, -0.2) is 0 Å². The molecule has 0 fully saturated rings. The van der Waals surface area contributed by atoms with E-state index >= 15 is 0 Å². The molecule has 0 aliphatic heterocycles. The standard InChI is InChI=1S/C29H42/c1-5-7-9-11-13-19-29(20-14-12-10-8-6-2)27-21-23(3)15-17-25(27)26-18-16-24(4)22-28(26)29/h15-18,21-22H,5-14,19-20H2,1-4H3. The Hall–Kier alpha value is -1.56. The Labute approximate surface area is 180 Å². The van der Waals surface area contributed by atoms with Crippen LogP contribution in [0.5, 0.6) is 0 Å². The first-order chi connectivity index (χ1) is 14.1. The van der Waals surface area contributed by atoms with Crippen LogP contribution in [0.15, 0.2) is 36.4 Å². The van der Waals surface area contributed by atoms with Crippen molar-refractivity contribution in [3.8, 4) is 11.1 Å². The van der Waals surface area contributed by atoms with Crippen molar-refractivity contribution in [3.05, 3.63) is 58.7 Å². The van der Waals surface area contributed by atoms with Gasteiger partial charge >= 0.3 is 0 Å². The number of rotatable bonds is 12. The van der Waals surface area contributed by atoms with Crippen LogP contribution in [0.1, 0.15) is 113 Å². The van der Waals surface area contributed by atoms with E-state index in [1.54, 1.807) is 11.1 Å². The van der Waals surface area contributed by atoms with Gasteiger partial charge in [0, 0.05) is 5.41 Å². The zero-order valence-corrected chi connectivity index (χ0v) is 19.4. The lowest BCUT2D eigenvalue weighted by atomic mass is 9.70. The molecule has 2 aromatic carbocycles. The molecule has 1 aliphatic carbocycles. The fraction of sp³-hybridized carbons (Fsp3) is 0.586. The van der Waals surface area contributed by atoms with Crippen molar-refractivity contribution in [1.29, 1.82) is 0 Å². The molecule has 29 heavy (non-hydrogen) atoms. The third kappa shape index (κ3) is 4.96. The van der Waals surface area contributed by atoms with Crippen LogP contribution in [-0.2, 0) is 5.41 Å². The summed E-state index contributed by atoms with van der Waals surface area (Å²) in [6, 6.07) is 14.4. The maximum absolute atomic E-state index is 2.52. The van der Waals surface area contributed by atoms with Gasteiger partial charge < -0.3 is 0 Å². The Morgan fingerprint density at radius 2 is 0.966 bits per heavy atom. The summed E-state index contributed by atoms with van der Waals surface area (Å²) in [5.41, 5.74) is 9.33. The van der Waals surface area contributed by atoms with Crippen molar-refractivity contribution in [2.24, 2.45) is 0 Å². The Morgan fingerprint density at radius 3 is 1.38 bits per heavy atom. The van der Waals surface area contributed by atoms with Crippen LogP contribution < -0.4 is 0 Å². The molecular weight excluding hydrogens is 348 g/mol. The highest BCUT2D eigenvalue weighted by Gasteiger charge is 2.42. The summed E-state index contributed by atoms with van der Waals surface area (Å²) < 4.78 is 0. The molecule has 0 nitrogen and oxygen atoms in total. The molecule has 0 aromatic heterocycles. The number of unbranched alkanes of at least 4 members (excludes halogenated alkanes) is 8. The van der Waals surface area contributed by atoms with E-state index in [4.69, 9.17) is 0 Å². The smallest absolute Gasteiger partial charge is 0.0215 e. The van der Waals surface area contributed by atoms with Gasteiger partial charge in [-0.3, -0.25) is 0 Å². The van der Waals surface area contributed by atoms with Crippen molar-refractivity contribution in [2.75, 3.05) is 0 Å². The summed E-state index contributed by atoms with van der Waals surface area (Å²) in [5.74, 6) is 0. The number of benzene rings is 2. The first kappa shape index (κ1) is 22.1. The van der Waals surface area contributed by atoms with Crippen LogP contribution in [0.25, 0.3) is 11.1 Å². The van der Waals surface area contributed by atoms with Gasteiger partial charge in [0.05, 0.1) is 0 Å². The predicted octanol–water partition coefficient (Wildman–Crippen LogP) is 9.29. The number of hydrogen-bond donors (Lipinski definition) is 0. The summed E-state index contributed by atoms with van der Waals surface area (Å²) >= 11 is 0. The minimum absolute atomic E-state index is 0.237. The van der Waals surface area contributed by atoms with Gasteiger partial charge in [-0.1, -0.05) is 126 Å². The van der Waals surface area contributed by atoms with E-state index in [1.165, 1.54) is 99.3 Å². The van der Waals surface area contributed by atoms with Crippen LogP contribution >= 0.6 is 0 Å². The molecule has 0 spiro atoms. The lowest BCUT2D eigenvalue weighted by Gasteiger charge is -2.33. The molecule has 0 bridgehead atoms. The molecule has 3 rings (SSSR count). The van der Waals surface area contributed by atoms with E-state index in [-0.39, 0.29) is 5.41 Å². The van der Waals surface area contributed by atoms with E-state index in [0.717, 1.165) is 0 Å². The molecule has 0 atom stereocenters. The second-order valence-corrected chi connectivity index (χ2v) is 9.51. The second kappa shape index (κ2) is 10.5. The normalized spacial score (nSPS) is 14.1. The fourth-order valence-electron chi connectivity index (χ4n) is 5.45. The molecule has 0 saturated carbocycles. The van der Waals surface area contributed by atoms with Crippen LogP contribution in [0.3, 0.4) is 0 Å². The highest BCUT2D eigenvalue weighted by atomic mass is 14.4. The summed E-state index contributed by atoms with van der Waals surface area (Å²) in [5, 5.41) is 0. The van der Waals surface area contributed by atoms with Gasteiger partial charge in [0.25, 0.3) is 0 Å². The molecule has 0 amide bonds. The third-order valence-electron chi connectivity index (χ3n) is 7.09. The summed E-state index contributed by atoms with van der Waals surface area (Å²) in [4.78, 5) is 0. The van der Waals surface area contributed by atoms with E-state index in [1.807, 2.05) is 0 Å². The Kier molecular flexibility index (Phi) is 7.99. The average Bonchev–Trinajstić information content (AvgIpc) is 2.96. The topological polar surface area (TPSA) is 0 Å². The minimum atomic E-state index is 0.237. The second-order valence-electron chi connectivity index (χ2n) is 9.51. The van der Waals surface area contributed by atoms with Crippen molar-refractivity contribution in [2.45, 2.75) is 110 Å². The number of aryl methyl sites for hydroxylation is 2. The van der Waals surface area contributed by atoms with Crippen LogP contribution in [-0.4, -0.2) is 0 Å². The van der Waals surface area contributed by atoms with Gasteiger partial charge in [0.15, 0.2) is 0 Å². The number of hydrogen-bond acceptors (Lipinski definition) is 0. The first-order valence-corrected chi connectivity index (χ1v) is 12.3. The van der Waals surface area contributed by atoms with Gasteiger partial charge in [-0.15, -0.1) is 0 Å². The molecule has 1 aliphatic rings. The van der Waals surface area contributed by atoms with Crippen LogP contribution in [0.2, 0.25) is 0 Å². The lowest BCUT2D eigenvalue weighted by molar-refractivity contribution is 0.398. The average molecular weight is 391 g/mol. The maximum Gasteiger partial charge on any atom is 0.0215 e. The zero-order valence-electron chi connectivity index (χ0n) is 19.4. The Morgan fingerprint density at radius 1 is 0.552 bits per heavy atom. The quantitative estimate of drug-likeness (QED) is 0.317. The van der Waals surface area contributed by atoms with Crippen molar-refractivity contribution < 1.29 is 0 Å². The molecule has 0 heteroatoms. The van der Waals surface area contributed by atoms with Crippen molar-refractivity contribution in [1.82, 2.24) is 0 Å². The van der Waals surface area contributed by atoms with Gasteiger partial charge in [0.2, 0.25) is 0 Å². The fourth-order valence-corrected chi connectivity index (χ4v) is 5.45. The number of fused-ring (bicyclic) bond motifs is 3. The third-order valence-corrected chi connectivity index (χ3v) is 7.09. The summed E-state index contributed by atoms with van der Waals surface area (Å²) in [6.07, 6.45) is 16.3. The van der Waals surface area contributed by atoms with Crippen molar-refractivity contribution in [3.63, 3.8) is 0 Å².